The van der Waals surface area contributed by atoms with E-state index in [0.717, 1.165) is 5.56 Å². The highest BCUT2D eigenvalue weighted by Gasteiger charge is 2.27. The third-order valence-corrected chi connectivity index (χ3v) is 4.84. The summed E-state index contributed by atoms with van der Waals surface area (Å²) < 4.78 is 26.3. The van der Waals surface area contributed by atoms with Crippen LogP contribution in [0.5, 0.6) is 0 Å². The van der Waals surface area contributed by atoms with Gasteiger partial charge in [-0.3, -0.25) is 0 Å². The maximum atomic E-state index is 12.5. The molecule has 0 atom stereocenters. The van der Waals surface area contributed by atoms with Crippen LogP contribution in [0.15, 0.2) is 29.2 Å². The van der Waals surface area contributed by atoms with E-state index in [1.165, 1.54) is 4.31 Å². The molecule has 1 rings (SSSR count). The molecule has 0 saturated heterocycles. The van der Waals surface area contributed by atoms with Crippen molar-refractivity contribution in [2.45, 2.75) is 31.7 Å². The fourth-order valence-electron chi connectivity index (χ4n) is 1.76. The minimum absolute atomic E-state index is 0.0943. The van der Waals surface area contributed by atoms with Crippen LogP contribution in [0.4, 0.5) is 0 Å². The van der Waals surface area contributed by atoms with Crippen molar-refractivity contribution >= 4 is 10.0 Å². The fraction of sp³-hybridized carbons (Fsp3) is 0.500. The van der Waals surface area contributed by atoms with Crippen molar-refractivity contribution in [1.29, 1.82) is 0 Å². The van der Waals surface area contributed by atoms with Gasteiger partial charge in [0, 0.05) is 19.1 Å². The first-order valence-electron chi connectivity index (χ1n) is 5.68. The Balaban J connectivity index is 3.22. The van der Waals surface area contributed by atoms with E-state index < -0.39 is 10.0 Å². The fourth-order valence-corrected chi connectivity index (χ4v) is 3.63. The Morgan fingerprint density at radius 3 is 2.35 bits per heavy atom. The van der Waals surface area contributed by atoms with E-state index in [-0.39, 0.29) is 6.04 Å². The number of sulfonamides is 1. The monoisotopic (exact) mass is 256 g/mol. The summed E-state index contributed by atoms with van der Waals surface area (Å²) in [5.41, 5.74) is 6.23. The summed E-state index contributed by atoms with van der Waals surface area (Å²) in [6.45, 7) is 6.17. The Morgan fingerprint density at radius 2 is 1.88 bits per heavy atom. The highest BCUT2D eigenvalue weighted by Crippen LogP contribution is 2.20. The van der Waals surface area contributed by atoms with Crippen molar-refractivity contribution in [1.82, 2.24) is 4.31 Å². The van der Waals surface area contributed by atoms with Crippen LogP contribution >= 0.6 is 0 Å². The second-order valence-corrected chi connectivity index (χ2v) is 6.12. The van der Waals surface area contributed by atoms with Gasteiger partial charge in [0.2, 0.25) is 10.0 Å². The van der Waals surface area contributed by atoms with Crippen molar-refractivity contribution in [2.24, 2.45) is 5.73 Å². The molecule has 0 fully saturated rings. The summed E-state index contributed by atoms with van der Waals surface area (Å²) in [4.78, 5) is 0.363. The molecule has 5 heteroatoms. The van der Waals surface area contributed by atoms with Gasteiger partial charge >= 0.3 is 0 Å². The van der Waals surface area contributed by atoms with Gasteiger partial charge in [0.1, 0.15) is 0 Å². The summed E-state index contributed by atoms with van der Waals surface area (Å²) in [5, 5.41) is 0. The minimum atomic E-state index is -3.44. The highest BCUT2D eigenvalue weighted by molar-refractivity contribution is 7.89. The number of nitrogens with two attached hydrogens (primary N) is 1. The zero-order valence-electron chi connectivity index (χ0n) is 10.6. The van der Waals surface area contributed by atoms with Gasteiger partial charge in [0.05, 0.1) is 4.90 Å². The average molecular weight is 256 g/mol. The van der Waals surface area contributed by atoms with Crippen molar-refractivity contribution in [3.63, 3.8) is 0 Å². The SMILES string of the molecule is Cc1ccccc1S(=O)(=O)N(CCN)C(C)C. The van der Waals surface area contributed by atoms with Gasteiger partial charge in [-0.2, -0.15) is 4.31 Å². The van der Waals surface area contributed by atoms with Gasteiger partial charge in [0.25, 0.3) is 0 Å². The van der Waals surface area contributed by atoms with Crippen LogP contribution in [-0.2, 0) is 10.0 Å². The zero-order chi connectivity index (χ0) is 13.1. The quantitative estimate of drug-likeness (QED) is 0.865. The standard InChI is InChI=1S/C12H20N2O2S/c1-10(2)14(9-8-13)17(15,16)12-7-5-4-6-11(12)3/h4-7,10H,8-9,13H2,1-3H3. The first-order chi connectivity index (χ1) is 7.91. The number of hydrogen-bond acceptors (Lipinski definition) is 3. The number of benzene rings is 1. The maximum absolute atomic E-state index is 12.5. The molecule has 2 N–H and O–H groups in total. The summed E-state index contributed by atoms with van der Waals surface area (Å²) >= 11 is 0. The van der Waals surface area contributed by atoms with Crippen LogP contribution in [0.3, 0.4) is 0 Å². The van der Waals surface area contributed by atoms with E-state index >= 15 is 0 Å². The van der Waals surface area contributed by atoms with Crippen LogP contribution < -0.4 is 5.73 Å². The number of hydrogen-bond donors (Lipinski definition) is 1. The van der Waals surface area contributed by atoms with E-state index in [0.29, 0.717) is 18.0 Å². The number of rotatable bonds is 5. The summed E-state index contributed by atoms with van der Waals surface area (Å²) in [7, 11) is -3.44. The maximum Gasteiger partial charge on any atom is 0.243 e. The molecule has 0 bridgehead atoms. The van der Waals surface area contributed by atoms with Crippen LogP contribution in [0.2, 0.25) is 0 Å². The highest BCUT2D eigenvalue weighted by atomic mass is 32.2. The molecule has 0 aliphatic carbocycles. The minimum Gasteiger partial charge on any atom is -0.329 e. The molecule has 0 aromatic heterocycles. The molecular weight excluding hydrogens is 236 g/mol. The van der Waals surface area contributed by atoms with Crippen molar-refractivity contribution in [3.8, 4) is 0 Å². The Hall–Kier alpha value is -0.910. The topological polar surface area (TPSA) is 63.4 Å². The Kier molecular flexibility index (Phi) is 4.68. The molecule has 0 heterocycles. The average Bonchev–Trinajstić information content (AvgIpc) is 2.25. The van der Waals surface area contributed by atoms with E-state index in [9.17, 15) is 8.42 Å². The van der Waals surface area contributed by atoms with Gasteiger partial charge < -0.3 is 5.73 Å². The predicted octanol–water partition coefficient (Wildman–Crippen LogP) is 1.35. The van der Waals surface area contributed by atoms with Crippen LogP contribution in [0, 0.1) is 6.92 Å². The summed E-state index contributed by atoms with van der Waals surface area (Å²) in [5.74, 6) is 0. The van der Waals surface area contributed by atoms with Crippen molar-refractivity contribution in [3.05, 3.63) is 29.8 Å². The number of aryl methyl sites for hydroxylation is 1. The van der Waals surface area contributed by atoms with Crippen molar-refractivity contribution < 1.29 is 8.42 Å². The molecule has 1 aromatic carbocycles. The molecule has 0 saturated carbocycles. The lowest BCUT2D eigenvalue weighted by Gasteiger charge is -2.26. The molecule has 0 spiro atoms. The van der Waals surface area contributed by atoms with Gasteiger partial charge in [-0.25, -0.2) is 8.42 Å². The van der Waals surface area contributed by atoms with Gasteiger partial charge in [-0.1, -0.05) is 18.2 Å². The molecular formula is C12H20N2O2S. The molecule has 0 amide bonds. The van der Waals surface area contributed by atoms with Crippen molar-refractivity contribution in [2.75, 3.05) is 13.1 Å². The van der Waals surface area contributed by atoms with Gasteiger partial charge in [0.15, 0.2) is 0 Å². The zero-order valence-corrected chi connectivity index (χ0v) is 11.4. The Bertz CT molecular complexity index is 469. The molecule has 96 valence electrons. The van der Waals surface area contributed by atoms with Crippen LogP contribution in [0.1, 0.15) is 19.4 Å². The smallest absolute Gasteiger partial charge is 0.243 e. The third kappa shape index (κ3) is 3.06. The van der Waals surface area contributed by atoms with Crippen LogP contribution in [-0.4, -0.2) is 31.9 Å². The van der Waals surface area contributed by atoms with Crippen LogP contribution in [0.25, 0.3) is 0 Å². The molecule has 0 aliphatic rings. The lowest BCUT2D eigenvalue weighted by atomic mass is 10.2. The first kappa shape index (κ1) is 14.2. The third-order valence-electron chi connectivity index (χ3n) is 2.61. The van der Waals surface area contributed by atoms with E-state index in [2.05, 4.69) is 0 Å². The second-order valence-electron chi connectivity index (χ2n) is 4.26. The van der Waals surface area contributed by atoms with Gasteiger partial charge in [-0.15, -0.1) is 0 Å². The predicted molar refractivity (Wildman–Crippen MR) is 69.3 cm³/mol. The Labute approximate surface area is 103 Å². The van der Waals surface area contributed by atoms with Gasteiger partial charge in [-0.05, 0) is 32.4 Å². The Morgan fingerprint density at radius 1 is 1.29 bits per heavy atom. The lowest BCUT2D eigenvalue weighted by molar-refractivity contribution is 0.361. The second kappa shape index (κ2) is 5.62. The first-order valence-corrected chi connectivity index (χ1v) is 7.12. The molecule has 4 nitrogen and oxygen atoms in total. The molecule has 0 unspecified atom stereocenters. The van der Waals surface area contributed by atoms with E-state index in [1.54, 1.807) is 25.1 Å². The van der Waals surface area contributed by atoms with E-state index in [4.69, 9.17) is 5.73 Å². The molecule has 1 aromatic rings. The lowest BCUT2D eigenvalue weighted by Crippen LogP contribution is -2.40. The molecule has 0 aliphatic heterocycles. The normalized spacial score (nSPS) is 12.4. The summed E-state index contributed by atoms with van der Waals surface area (Å²) in [6.07, 6.45) is 0. The molecule has 17 heavy (non-hydrogen) atoms. The summed E-state index contributed by atoms with van der Waals surface area (Å²) in [6, 6.07) is 6.91. The van der Waals surface area contributed by atoms with E-state index in [1.807, 2.05) is 19.9 Å². The largest absolute Gasteiger partial charge is 0.329 e. The molecule has 0 radical (unpaired) electrons. The number of nitrogens with zero attached hydrogens (tertiary/aromatic N) is 1.